The van der Waals surface area contributed by atoms with Gasteiger partial charge in [-0.2, -0.15) is 9.67 Å². The topological polar surface area (TPSA) is 118 Å². The second kappa shape index (κ2) is 4.57. The third-order valence-corrected chi connectivity index (χ3v) is 2.78. The highest BCUT2D eigenvalue weighted by Gasteiger charge is 2.13. The number of ether oxygens (including phenoxy) is 1. The highest BCUT2D eigenvalue weighted by atomic mass is 16.5. The summed E-state index contributed by atoms with van der Waals surface area (Å²) in [5.74, 6) is 1.53. The molecule has 2 aromatic heterocycles. The van der Waals surface area contributed by atoms with E-state index in [0.717, 1.165) is 5.56 Å². The van der Waals surface area contributed by atoms with Crippen LogP contribution in [-0.4, -0.2) is 26.9 Å². The zero-order chi connectivity index (χ0) is 14.1. The molecule has 0 aliphatic rings. The van der Waals surface area contributed by atoms with Crippen LogP contribution in [0, 0.1) is 0 Å². The molecule has 0 fully saturated rings. The Kier molecular flexibility index (Phi) is 2.75. The lowest BCUT2D eigenvalue weighted by atomic mass is 10.1. The normalized spacial score (nSPS) is 10.7. The lowest BCUT2D eigenvalue weighted by molar-refractivity contribution is 0.414. The molecule has 3 aromatic rings. The van der Waals surface area contributed by atoms with E-state index >= 15 is 0 Å². The average Bonchev–Trinajstić information content (AvgIpc) is 3.07. The van der Waals surface area contributed by atoms with Gasteiger partial charge in [-0.15, -0.1) is 5.10 Å². The van der Waals surface area contributed by atoms with Gasteiger partial charge in [0.1, 0.15) is 5.75 Å². The molecule has 8 nitrogen and oxygen atoms in total. The maximum atomic E-state index is 5.74. The van der Waals surface area contributed by atoms with Gasteiger partial charge in [-0.05, 0) is 12.1 Å². The molecule has 0 unspecified atom stereocenters. The molecule has 1 aromatic carbocycles. The third kappa shape index (κ3) is 1.92. The van der Waals surface area contributed by atoms with E-state index in [1.807, 2.05) is 12.1 Å². The molecule has 8 heteroatoms. The molecule has 3 rings (SSSR count). The zero-order valence-corrected chi connectivity index (χ0v) is 10.6. The van der Waals surface area contributed by atoms with Crippen LogP contribution >= 0.6 is 0 Å². The summed E-state index contributed by atoms with van der Waals surface area (Å²) in [6, 6.07) is 5.40. The fourth-order valence-corrected chi connectivity index (χ4v) is 1.89. The summed E-state index contributed by atoms with van der Waals surface area (Å²) in [5, 5.41) is 4.02. The SMILES string of the molecule is COc1cc(-n2nc(N)nc2N)ccc1-c1cnco1. The van der Waals surface area contributed by atoms with Crippen LogP contribution in [0.4, 0.5) is 11.9 Å². The molecule has 20 heavy (non-hydrogen) atoms. The molecule has 4 N–H and O–H groups in total. The highest BCUT2D eigenvalue weighted by Crippen LogP contribution is 2.31. The largest absolute Gasteiger partial charge is 0.496 e. The van der Waals surface area contributed by atoms with Crippen molar-refractivity contribution < 1.29 is 9.15 Å². The number of benzene rings is 1. The van der Waals surface area contributed by atoms with Crippen molar-refractivity contribution in [2.75, 3.05) is 18.6 Å². The van der Waals surface area contributed by atoms with Crippen LogP contribution in [-0.2, 0) is 0 Å². The second-order valence-electron chi connectivity index (χ2n) is 3.99. The van der Waals surface area contributed by atoms with Gasteiger partial charge in [-0.25, -0.2) is 4.98 Å². The lowest BCUT2D eigenvalue weighted by Crippen LogP contribution is -2.03. The van der Waals surface area contributed by atoms with Gasteiger partial charge in [0.05, 0.1) is 24.6 Å². The maximum Gasteiger partial charge on any atom is 0.241 e. The minimum Gasteiger partial charge on any atom is -0.496 e. The summed E-state index contributed by atoms with van der Waals surface area (Å²) in [4.78, 5) is 7.74. The first kappa shape index (κ1) is 12.0. The number of rotatable bonds is 3. The molecule has 0 atom stereocenters. The van der Waals surface area contributed by atoms with Crippen LogP contribution in [0.15, 0.2) is 35.2 Å². The maximum absolute atomic E-state index is 5.74. The van der Waals surface area contributed by atoms with Crippen molar-refractivity contribution in [1.82, 2.24) is 19.7 Å². The third-order valence-electron chi connectivity index (χ3n) is 2.78. The summed E-state index contributed by atoms with van der Waals surface area (Å²) in [6.45, 7) is 0. The predicted molar refractivity (Wildman–Crippen MR) is 72.2 cm³/mol. The number of anilines is 2. The van der Waals surface area contributed by atoms with Gasteiger partial charge in [0.15, 0.2) is 12.2 Å². The van der Waals surface area contributed by atoms with Crippen LogP contribution in [0.3, 0.4) is 0 Å². The van der Waals surface area contributed by atoms with Crippen molar-refractivity contribution in [1.29, 1.82) is 0 Å². The van der Waals surface area contributed by atoms with Gasteiger partial charge in [0.2, 0.25) is 11.9 Å². The summed E-state index contributed by atoms with van der Waals surface area (Å²) in [6.07, 6.45) is 2.97. The Labute approximate surface area is 114 Å². The number of aromatic nitrogens is 4. The molecule has 0 aliphatic carbocycles. The fraction of sp³-hybridized carbons (Fsp3) is 0.0833. The van der Waals surface area contributed by atoms with Crippen LogP contribution in [0.2, 0.25) is 0 Å². The summed E-state index contributed by atoms with van der Waals surface area (Å²) in [5.41, 5.74) is 12.7. The van der Waals surface area contributed by atoms with Crippen molar-refractivity contribution in [2.45, 2.75) is 0 Å². The van der Waals surface area contributed by atoms with Crippen molar-refractivity contribution >= 4 is 11.9 Å². The number of hydrogen-bond acceptors (Lipinski definition) is 7. The molecular weight excluding hydrogens is 260 g/mol. The standard InChI is InChI=1S/C12H12N6O2/c1-19-9-4-7(18-12(14)16-11(13)17-18)2-3-8(9)10-5-15-6-20-10/h2-6H,1H3,(H4,13,14,16,17). The van der Waals surface area contributed by atoms with E-state index in [1.165, 1.54) is 11.1 Å². The Bertz CT molecular complexity index is 734. The van der Waals surface area contributed by atoms with E-state index in [2.05, 4.69) is 15.1 Å². The van der Waals surface area contributed by atoms with Crippen LogP contribution in [0.25, 0.3) is 17.0 Å². The van der Waals surface area contributed by atoms with Gasteiger partial charge >= 0.3 is 0 Å². The van der Waals surface area contributed by atoms with Gasteiger partial charge in [-0.1, -0.05) is 0 Å². The van der Waals surface area contributed by atoms with E-state index in [-0.39, 0.29) is 11.9 Å². The minimum absolute atomic E-state index is 0.112. The minimum atomic E-state index is 0.112. The van der Waals surface area contributed by atoms with E-state index in [0.29, 0.717) is 17.2 Å². The number of hydrogen-bond donors (Lipinski definition) is 2. The molecule has 0 aliphatic heterocycles. The monoisotopic (exact) mass is 272 g/mol. The van der Waals surface area contributed by atoms with Crippen LogP contribution < -0.4 is 16.2 Å². The van der Waals surface area contributed by atoms with Gasteiger partial charge < -0.3 is 20.6 Å². The Morgan fingerprint density at radius 3 is 2.75 bits per heavy atom. The van der Waals surface area contributed by atoms with Crippen molar-refractivity contribution in [3.63, 3.8) is 0 Å². The first-order valence-corrected chi connectivity index (χ1v) is 5.74. The number of oxazole rings is 1. The van der Waals surface area contributed by atoms with Crippen LogP contribution in [0.5, 0.6) is 5.75 Å². The quantitative estimate of drug-likeness (QED) is 0.732. The summed E-state index contributed by atoms with van der Waals surface area (Å²) >= 11 is 0. The smallest absolute Gasteiger partial charge is 0.241 e. The van der Waals surface area contributed by atoms with Gasteiger partial charge in [0, 0.05) is 6.07 Å². The highest BCUT2D eigenvalue weighted by molar-refractivity contribution is 5.67. The zero-order valence-electron chi connectivity index (χ0n) is 10.6. The van der Waals surface area contributed by atoms with E-state index in [9.17, 15) is 0 Å². The fourth-order valence-electron chi connectivity index (χ4n) is 1.89. The van der Waals surface area contributed by atoms with E-state index < -0.39 is 0 Å². The Hall–Kier alpha value is -3.03. The number of nitrogen functional groups attached to an aromatic ring is 2. The van der Waals surface area contributed by atoms with E-state index in [4.69, 9.17) is 20.6 Å². The molecule has 0 saturated heterocycles. The van der Waals surface area contributed by atoms with E-state index in [1.54, 1.807) is 19.4 Å². The van der Waals surface area contributed by atoms with Gasteiger partial charge in [-0.3, -0.25) is 0 Å². The molecular formula is C12H12N6O2. The average molecular weight is 272 g/mol. The molecule has 0 amide bonds. The molecule has 2 heterocycles. The first-order chi connectivity index (χ1) is 9.69. The molecule has 0 saturated carbocycles. The Morgan fingerprint density at radius 2 is 2.15 bits per heavy atom. The molecule has 0 radical (unpaired) electrons. The Balaban J connectivity index is 2.10. The molecule has 0 bridgehead atoms. The van der Waals surface area contributed by atoms with Crippen molar-refractivity contribution in [3.05, 3.63) is 30.8 Å². The molecule has 0 spiro atoms. The Morgan fingerprint density at radius 1 is 1.30 bits per heavy atom. The molecule has 102 valence electrons. The second-order valence-corrected chi connectivity index (χ2v) is 3.99. The number of nitrogens with zero attached hydrogens (tertiary/aromatic N) is 4. The number of methoxy groups -OCH3 is 1. The predicted octanol–water partition coefficient (Wildman–Crippen LogP) is 1.10. The lowest BCUT2D eigenvalue weighted by Gasteiger charge is -2.09. The van der Waals surface area contributed by atoms with Crippen LogP contribution in [0.1, 0.15) is 0 Å². The van der Waals surface area contributed by atoms with Crippen molar-refractivity contribution in [2.24, 2.45) is 0 Å². The summed E-state index contributed by atoms with van der Waals surface area (Å²) < 4.78 is 12.1. The van der Waals surface area contributed by atoms with Gasteiger partial charge in [0.25, 0.3) is 0 Å². The first-order valence-electron chi connectivity index (χ1n) is 5.74. The summed E-state index contributed by atoms with van der Waals surface area (Å²) in [7, 11) is 1.57. The van der Waals surface area contributed by atoms with Crippen molar-refractivity contribution in [3.8, 4) is 22.8 Å². The number of nitrogens with two attached hydrogens (primary N) is 2.